The molecule has 276 valence electrons. The van der Waals surface area contributed by atoms with Gasteiger partial charge >= 0.3 is 0 Å². The zero-order chi connectivity index (χ0) is 36.5. The van der Waals surface area contributed by atoms with E-state index in [0.29, 0.717) is 42.5 Å². The van der Waals surface area contributed by atoms with E-state index >= 15 is 0 Å². The Morgan fingerprint density at radius 2 is 1.87 bits per heavy atom. The molecule has 3 fully saturated rings. The maximum absolute atomic E-state index is 14.6. The second-order valence-corrected chi connectivity index (χ2v) is 15.9. The quantitative estimate of drug-likeness (QED) is 0.275. The highest BCUT2D eigenvalue weighted by Gasteiger charge is 2.62. The number of hydrogen-bond donors (Lipinski definition) is 3. The fraction of sp³-hybridized carbons (Fsp3) is 0.486. The molecular weight excluding hydrogens is 689 g/mol. The molecule has 0 spiro atoms. The first-order valence-corrected chi connectivity index (χ1v) is 19.4. The van der Waals surface area contributed by atoms with Crippen LogP contribution in [0.5, 0.6) is 17.5 Å². The van der Waals surface area contributed by atoms with Crippen molar-refractivity contribution >= 4 is 44.2 Å². The molecule has 3 aromatic rings. The number of hydrogen-bond acceptors (Lipinski definition) is 11. The van der Waals surface area contributed by atoms with Crippen LogP contribution in [0.4, 0.5) is 5.69 Å². The molecule has 52 heavy (non-hydrogen) atoms. The fourth-order valence-corrected chi connectivity index (χ4v) is 8.51. The van der Waals surface area contributed by atoms with Gasteiger partial charge in [0, 0.05) is 30.0 Å². The predicted octanol–water partition coefficient (Wildman–Crippen LogP) is 3.48. The van der Waals surface area contributed by atoms with E-state index in [1.807, 2.05) is 36.4 Å². The van der Waals surface area contributed by atoms with E-state index in [1.54, 1.807) is 31.6 Å². The van der Waals surface area contributed by atoms with Gasteiger partial charge in [0.2, 0.25) is 33.6 Å². The number of rotatable bonds is 9. The van der Waals surface area contributed by atoms with Crippen molar-refractivity contribution in [2.45, 2.75) is 86.8 Å². The number of carbonyl (C=O) groups is 3. The van der Waals surface area contributed by atoms with Crippen molar-refractivity contribution in [3.05, 3.63) is 60.9 Å². The molecule has 14 nitrogen and oxygen atoms in total. The van der Waals surface area contributed by atoms with Gasteiger partial charge < -0.3 is 29.7 Å². The van der Waals surface area contributed by atoms with Gasteiger partial charge in [0.05, 0.1) is 37.9 Å². The number of nitrogens with one attached hydrogen (secondary N) is 3. The Balaban J connectivity index is 1.19. The minimum Gasteiger partial charge on any atom is -0.497 e. The monoisotopic (exact) mass is 732 g/mol. The average molecular weight is 733 g/mol. The lowest BCUT2D eigenvalue weighted by Crippen LogP contribution is -2.57. The highest BCUT2D eigenvalue weighted by atomic mass is 32.2. The van der Waals surface area contributed by atoms with Crippen LogP contribution in [0.1, 0.15) is 57.8 Å². The van der Waals surface area contributed by atoms with Crippen LogP contribution in [-0.4, -0.2) is 90.7 Å². The van der Waals surface area contributed by atoms with E-state index in [9.17, 15) is 22.8 Å². The normalized spacial score (nSPS) is 27.2. The molecule has 4 aliphatic rings. The molecule has 5 atom stereocenters. The Kier molecular flexibility index (Phi) is 9.96. The van der Waals surface area contributed by atoms with Crippen molar-refractivity contribution in [3.8, 4) is 17.5 Å². The third-order valence-electron chi connectivity index (χ3n) is 10.3. The summed E-state index contributed by atoms with van der Waals surface area (Å²) in [6.45, 7) is 0.0861. The lowest BCUT2D eigenvalue weighted by Gasteiger charge is -2.30. The van der Waals surface area contributed by atoms with Crippen molar-refractivity contribution in [2.24, 2.45) is 5.92 Å². The van der Waals surface area contributed by atoms with E-state index in [1.165, 1.54) is 12.0 Å². The molecule has 0 unspecified atom stereocenters. The molecule has 2 aliphatic carbocycles. The van der Waals surface area contributed by atoms with Crippen molar-refractivity contribution in [1.29, 1.82) is 0 Å². The zero-order valence-corrected chi connectivity index (χ0v) is 30.1. The van der Waals surface area contributed by atoms with E-state index in [-0.39, 0.29) is 31.2 Å². The number of nitrogens with zero attached hydrogens (tertiary/aromatic N) is 3. The van der Waals surface area contributed by atoms with Crippen LogP contribution in [0.25, 0.3) is 10.8 Å². The largest absolute Gasteiger partial charge is 0.497 e. The van der Waals surface area contributed by atoms with Crippen molar-refractivity contribution < 1.29 is 37.0 Å². The molecule has 7 rings (SSSR count). The van der Waals surface area contributed by atoms with Gasteiger partial charge in [-0.25, -0.2) is 18.4 Å². The molecule has 0 radical (unpaired) electrons. The van der Waals surface area contributed by atoms with Gasteiger partial charge in [-0.05, 0) is 74.2 Å². The van der Waals surface area contributed by atoms with E-state index < -0.39 is 50.8 Å². The first-order chi connectivity index (χ1) is 25.1. The van der Waals surface area contributed by atoms with Crippen LogP contribution in [-0.2, 0) is 24.4 Å². The summed E-state index contributed by atoms with van der Waals surface area (Å²) in [5.74, 6) is -0.518. The molecule has 0 bridgehead atoms. The van der Waals surface area contributed by atoms with Crippen molar-refractivity contribution in [1.82, 2.24) is 24.9 Å². The van der Waals surface area contributed by atoms with Crippen molar-refractivity contribution in [3.63, 3.8) is 0 Å². The summed E-state index contributed by atoms with van der Waals surface area (Å²) in [6, 6.07) is 9.17. The number of carbonyl (C=O) groups excluding carboxylic acids is 3. The van der Waals surface area contributed by atoms with E-state index in [0.717, 1.165) is 36.5 Å². The third-order valence-corrected chi connectivity index (χ3v) is 12.2. The Morgan fingerprint density at radius 1 is 1.02 bits per heavy atom. The summed E-state index contributed by atoms with van der Waals surface area (Å²) >= 11 is 0. The topological polar surface area (TPSA) is 178 Å². The lowest BCUT2D eigenvalue weighted by atomic mass is 10.0. The highest BCUT2D eigenvalue weighted by Crippen LogP contribution is 2.46. The lowest BCUT2D eigenvalue weighted by molar-refractivity contribution is -0.140. The molecule has 2 aromatic heterocycles. The maximum Gasteiger partial charge on any atom is 0.259 e. The Bertz CT molecular complexity index is 1970. The van der Waals surface area contributed by atoms with Crippen LogP contribution in [0.2, 0.25) is 0 Å². The second-order valence-electron chi connectivity index (χ2n) is 14.0. The summed E-state index contributed by atoms with van der Waals surface area (Å²) in [6.07, 6.45) is 11.6. The van der Waals surface area contributed by atoms with Gasteiger partial charge in [-0.1, -0.05) is 25.0 Å². The first-order valence-electron chi connectivity index (χ1n) is 17.8. The summed E-state index contributed by atoms with van der Waals surface area (Å²) in [5.41, 5.74) is -0.830. The predicted molar refractivity (Wildman–Crippen MR) is 192 cm³/mol. The number of pyridine rings is 2. The van der Waals surface area contributed by atoms with Gasteiger partial charge in [0.25, 0.3) is 5.91 Å². The van der Waals surface area contributed by atoms with Crippen LogP contribution < -0.4 is 29.6 Å². The number of fused-ring (bicyclic) bond motifs is 3. The summed E-state index contributed by atoms with van der Waals surface area (Å²) in [4.78, 5) is 52.9. The summed E-state index contributed by atoms with van der Waals surface area (Å²) in [7, 11) is -0.741. The van der Waals surface area contributed by atoms with Crippen LogP contribution in [0.3, 0.4) is 0 Å². The molecule has 3 amide bonds. The van der Waals surface area contributed by atoms with Crippen molar-refractivity contribution in [2.75, 3.05) is 26.1 Å². The number of benzene rings is 1. The summed E-state index contributed by atoms with van der Waals surface area (Å²) < 4.78 is 44.9. The van der Waals surface area contributed by atoms with Crippen LogP contribution in [0, 0.1) is 5.92 Å². The van der Waals surface area contributed by atoms with Crippen LogP contribution in [0.15, 0.2) is 60.9 Å². The minimum atomic E-state index is -3.86. The fourth-order valence-electron chi connectivity index (χ4n) is 7.14. The van der Waals surface area contributed by atoms with Gasteiger partial charge in [-0.15, -0.1) is 0 Å². The third kappa shape index (κ3) is 7.50. The number of ether oxygens (including phenoxy) is 3. The molecule has 3 N–H and O–H groups in total. The molecule has 1 aromatic carbocycles. The van der Waals surface area contributed by atoms with E-state index in [2.05, 4.69) is 25.3 Å². The number of amides is 3. The Hall–Kier alpha value is -4.92. The molecule has 1 saturated heterocycles. The number of methoxy groups -OCH3 is 2. The van der Waals surface area contributed by atoms with Gasteiger partial charge in [-0.3, -0.25) is 19.1 Å². The first kappa shape index (κ1) is 35.5. The van der Waals surface area contributed by atoms with Crippen LogP contribution >= 0.6 is 0 Å². The zero-order valence-electron chi connectivity index (χ0n) is 29.2. The van der Waals surface area contributed by atoms with Gasteiger partial charge in [-0.2, -0.15) is 0 Å². The number of anilines is 1. The number of aromatic nitrogens is 2. The SMILES string of the molecule is COc1ccc2c(O[C@@H]3C[C@H]4C(=O)N[C@@]5(C(=O)NS(=O)(=O)C6CC6)C[C@H]5/C=C\CCCCC[C@H](Nc5ccc(OC)nc5)C(=O)N4C3)nccc2c1. The summed E-state index contributed by atoms with van der Waals surface area (Å²) in [5, 5.41) is 7.25. The Morgan fingerprint density at radius 3 is 2.62 bits per heavy atom. The number of sulfonamides is 1. The molecule has 2 aliphatic heterocycles. The molecular formula is C37H44N6O8S. The Labute approximate surface area is 302 Å². The second kappa shape index (κ2) is 14.6. The molecule has 2 saturated carbocycles. The standard InChI is InChI=1S/C37H44N6O8S/c1-49-26-11-14-29-23(18-26)16-17-38-34(29)51-27-19-31-33(44)41-37(36(46)42-52(47,48)28-12-13-28)20-24(37)8-6-4-3-5-7-9-30(35(45)43(31)22-27)40-25-10-15-32(50-2)39-21-25/h6,8,10-11,14-18,21,24,27-28,30-31,40H,3-5,7,9,12-13,19-20,22H2,1-2H3,(H,41,44)(H,42,46)/b8-6-/t24-,27-,30+,31+,37+/m1/s1. The minimum absolute atomic E-state index is 0.0861. The van der Waals surface area contributed by atoms with Gasteiger partial charge in [0.1, 0.15) is 29.5 Å². The van der Waals surface area contributed by atoms with Gasteiger partial charge in [0.15, 0.2) is 0 Å². The average Bonchev–Trinajstić information content (AvgIpc) is 4.07. The molecule has 4 heterocycles. The number of allylic oxidation sites excluding steroid dienone is 1. The molecule has 15 heteroatoms. The highest BCUT2D eigenvalue weighted by molar-refractivity contribution is 7.91. The maximum atomic E-state index is 14.6. The van der Waals surface area contributed by atoms with E-state index in [4.69, 9.17) is 14.2 Å². The smallest absolute Gasteiger partial charge is 0.259 e.